The molecule has 152 valence electrons. The van der Waals surface area contributed by atoms with Crippen molar-refractivity contribution in [2.75, 3.05) is 39.3 Å². The molecular formula is C16H40Cl4N4. The fraction of sp³-hybridized carbons (Fsp3) is 1.00. The van der Waals surface area contributed by atoms with Crippen LogP contribution < -0.4 is 16.4 Å². The number of hydrogen-bond donors (Lipinski definition) is 3. The molecule has 4 N–H and O–H groups in total. The quantitative estimate of drug-likeness (QED) is 0.441. The van der Waals surface area contributed by atoms with Gasteiger partial charge < -0.3 is 21.3 Å². The Morgan fingerprint density at radius 1 is 0.792 bits per heavy atom. The van der Waals surface area contributed by atoms with E-state index in [2.05, 4.69) is 29.4 Å². The van der Waals surface area contributed by atoms with Crippen LogP contribution in [0.4, 0.5) is 0 Å². The first-order chi connectivity index (χ1) is 9.77. The Hall–Kier alpha value is 1.00. The van der Waals surface area contributed by atoms with E-state index in [4.69, 9.17) is 5.73 Å². The second-order valence-electron chi connectivity index (χ2n) is 6.02. The highest BCUT2D eigenvalue weighted by molar-refractivity contribution is 5.86. The number of rotatable bonds is 11. The highest BCUT2D eigenvalue weighted by atomic mass is 35.5. The van der Waals surface area contributed by atoms with Crippen LogP contribution in [0.2, 0.25) is 0 Å². The summed E-state index contributed by atoms with van der Waals surface area (Å²) in [6, 6.07) is 1.23. The molecule has 0 heterocycles. The van der Waals surface area contributed by atoms with Crippen molar-refractivity contribution in [3.63, 3.8) is 0 Å². The SMILES string of the molecule is CCNCCCN(CCCNCC)C1CCC(N)CC1.Cl.Cl.Cl.Cl. The second-order valence-corrected chi connectivity index (χ2v) is 6.02. The monoisotopic (exact) mass is 428 g/mol. The fourth-order valence-corrected chi connectivity index (χ4v) is 3.11. The number of nitrogens with one attached hydrogen (secondary N) is 2. The van der Waals surface area contributed by atoms with Gasteiger partial charge in [0.25, 0.3) is 0 Å². The van der Waals surface area contributed by atoms with Crippen LogP contribution >= 0.6 is 49.6 Å². The summed E-state index contributed by atoms with van der Waals surface area (Å²) in [5.41, 5.74) is 6.04. The van der Waals surface area contributed by atoms with Gasteiger partial charge in [0.05, 0.1) is 0 Å². The third kappa shape index (κ3) is 15.3. The summed E-state index contributed by atoms with van der Waals surface area (Å²) in [5, 5.41) is 6.86. The Balaban J connectivity index is -0.000000500. The van der Waals surface area contributed by atoms with Gasteiger partial charge in [-0.3, -0.25) is 0 Å². The molecule has 0 atom stereocenters. The van der Waals surface area contributed by atoms with Crippen molar-refractivity contribution in [3.05, 3.63) is 0 Å². The molecule has 4 nitrogen and oxygen atoms in total. The maximum absolute atomic E-state index is 6.04. The van der Waals surface area contributed by atoms with Crippen LogP contribution in [0.15, 0.2) is 0 Å². The maximum atomic E-state index is 6.04. The standard InChI is InChI=1S/C16H36N4.4ClH/c1-3-18-11-5-13-20(14-6-12-19-4-2)16-9-7-15(17)8-10-16;;;;/h15-16,18-19H,3-14,17H2,1-2H3;4*1H. The van der Waals surface area contributed by atoms with Crippen LogP contribution in [0, 0.1) is 0 Å². The molecule has 0 aromatic rings. The zero-order chi connectivity index (χ0) is 14.6. The molecule has 1 rings (SSSR count). The van der Waals surface area contributed by atoms with E-state index >= 15 is 0 Å². The lowest BCUT2D eigenvalue weighted by Crippen LogP contribution is -2.43. The van der Waals surface area contributed by atoms with Crippen molar-refractivity contribution in [1.29, 1.82) is 0 Å². The van der Waals surface area contributed by atoms with Gasteiger partial charge in [0.2, 0.25) is 0 Å². The lowest BCUT2D eigenvalue weighted by Gasteiger charge is -2.36. The van der Waals surface area contributed by atoms with Crippen molar-refractivity contribution in [2.24, 2.45) is 5.73 Å². The normalized spacial score (nSPS) is 19.5. The van der Waals surface area contributed by atoms with Crippen molar-refractivity contribution in [1.82, 2.24) is 15.5 Å². The highest BCUT2D eigenvalue weighted by Gasteiger charge is 2.23. The van der Waals surface area contributed by atoms with E-state index in [1.54, 1.807) is 0 Å². The molecule has 0 aliphatic heterocycles. The van der Waals surface area contributed by atoms with Crippen LogP contribution in [0.25, 0.3) is 0 Å². The number of nitrogens with zero attached hydrogens (tertiary/aromatic N) is 1. The van der Waals surface area contributed by atoms with Gasteiger partial charge in [0.15, 0.2) is 0 Å². The number of halogens is 4. The van der Waals surface area contributed by atoms with E-state index in [0.29, 0.717) is 6.04 Å². The zero-order valence-electron chi connectivity index (χ0n) is 15.3. The Morgan fingerprint density at radius 2 is 1.21 bits per heavy atom. The zero-order valence-corrected chi connectivity index (χ0v) is 18.6. The van der Waals surface area contributed by atoms with Crippen molar-refractivity contribution in [2.45, 2.75) is 64.5 Å². The van der Waals surface area contributed by atoms with Gasteiger partial charge >= 0.3 is 0 Å². The van der Waals surface area contributed by atoms with E-state index < -0.39 is 0 Å². The van der Waals surface area contributed by atoms with Crippen LogP contribution in [-0.4, -0.2) is 56.3 Å². The molecule has 0 spiro atoms. The van der Waals surface area contributed by atoms with Gasteiger partial charge in [0.1, 0.15) is 0 Å². The topological polar surface area (TPSA) is 53.3 Å². The minimum Gasteiger partial charge on any atom is -0.328 e. The Kier molecular flexibility index (Phi) is 30.0. The number of nitrogens with two attached hydrogens (primary N) is 1. The summed E-state index contributed by atoms with van der Waals surface area (Å²) < 4.78 is 0. The molecule has 0 aromatic heterocycles. The molecule has 8 heteroatoms. The predicted molar refractivity (Wildman–Crippen MR) is 117 cm³/mol. The molecular weight excluding hydrogens is 390 g/mol. The first-order valence-electron chi connectivity index (χ1n) is 8.69. The van der Waals surface area contributed by atoms with Gasteiger partial charge in [0, 0.05) is 12.1 Å². The molecule has 1 fully saturated rings. The van der Waals surface area contributed by atoms with Crippen LogP contribution in [-0.2, 0) is 0 Å². The molecule has 0 aromatic carbocycles. The van der Waals surface area contributed by atoms with Gasteiger partial charge in [-0.05, 0) is 77.8 Å². The smallest absolute Gasteiger partial charge is 0.00964 e. The Bertz CT molecular complexity index is 218. The molecule has 1 saturated carbocycles. The maximum Gasteiger partial charge on any atom is 0.00964 e. The molecule has 24 heavy (non-hydrogen) atoms. The molecule has 1 aliphatic carbocycles. The lowest BCUT2D eigenvalue weighted by atomic mass is 9.90. The third-order valence-corrected chi connectivity index (χ3v) is 4.36. The van der Waals surface area contributed by atoms with Crippen molar-refractivity contribution < 1.29 is 0 Å². The van der Waals surface area contributed by atoms with E-state index in [9.17, 15) is 0 Å². The molecule has 0 radical (unpaired) electrons. The molecule has 0 bridgehead atoms. The Morgan fingerprint density at radius 3 is 1.58 bits per heavy atom. The molecule has 0 saturated heterocycles. The summed E-state index contributed by atoms with van der Waals surface area (Å²) in [4.78, 5) is 2.72. The van der Waals surface area contributed by atoms with Crippen LogP contribution in [0.1, 0.15) is 52.4 Å². The van der Waals surface area contributed by atoms with Gasteiger partial charge in [-0.15, -0.1) is 49.6 Å². The van der Waals surface area contributed by atoms with Crippen LogP contribution in [0.3, 0.4) is 0 Å². The second kappa shape index (κ2) is 22.0. The van der Waals surface area contributed by atoms with Crippen molar-refractivity contribution >= 4 is 49.6 Å². The highest BCUT2D eigenvalue weighted by Crippen LogP contribution is 2.22. The minimum absolute atomic E-state index is 0. The summed E-state index contributed by atoms with van der Waals surface area (Å²) in [5.74, 6) is 0. The number of hydrogen-bond acceptors (Lipinski definition) is 4. The van der Waals surface area contributed by atoms with Gasteiger partial charge in [-0.2, -0.15) is 0 Å². The lowest BCUT2D eigenvalue weighted by molar-refractivity contribution is 0.146. The average molecular weight is 430 g/mol. The predicted octanol–water partition coefficient (Wildman–Crippen LogP) is 3.24. The third-order valence-electron chi connectivity index (χ3n) is 4.36. The summed E-state index contributed by atoms with van der Waals surface area (Å²) >= 11 is 0. The molecule has 1 aliphatic rings. The van der Waals surface area contributed by atoms with E-state index in [0.717, 1.165) is 32.2 Å². The molecule has 0 unspecified atom stereocenters. The first kappa shape index (κ1) is 32.7. The van der Waals surface area contributed by atoms with E-state index in [-0.39, 0.29) is 49.6 Å². The Labute approximate surface area is 174 Å². The summed E-state index contributed by atoms with van der Waals surface area (Å²) in [7, 11) is 0. The van der Waals surface area contributed by atoms with Gasteiger partial charge in [-0.25, -0.2) is 0 Å². The van der Waals surface area contributed by atoms with E-state index in [1.165, 1.54) is 51.6 Å². The summed E-state index contributed by atoms with van der Waals surface area (Å²) in [6.07, 6.45) is 7.53. The van der Waals surface area contributed by atoms with Gasteiger partial charge in [-0.1, -0.05) is 13.8 Å². The van der Waals surface area contributed by atoms with E-state index in [1.807, 2.05) is 0 Å². The average Bonchev–Trinajstić information content (AvgIpc) is 2.47. The van der Waals surface area contributed by atoms with Crippen LogP contribution in [0.5, 0.6) is 0 Å². The minimum atomic E-state index is 0. The molecule has 0 amide bonds. The first-order valence-corrected chi connectivity index (χ1v) is 8.69. The summed E-state index contributed by atoms with van der Waals surface area (Å²) in [6.45, 7) is 11.3. The largest absolute Gasteiger partial charge is 0.328 e. The fourth-order valence-electron chi connectivity index (χ4n) is 3.11. The van der Waals surface area contributed by atoms with Crippen molar-refractivity contribution in [3.8, 4) is 0 Å².